The highest BCUT2D eigenvalue weighted by Crippen LogP contribution is 2.38. The van der Waals surface area contributed by atoms with Gasteiger partial charge >= 0.3 is 17.9 Å². The van der Waals surface area contributed by atoms with Crippen molar-refractivity contribution in [3.63, 3.8) is 0 Å². The molecule has 6 nitrogen and oxygen atoms in total. The van der Waals surface area contributed by atoms with Crippen molar-refractivity contribution >= 4 is 17.9 Å². The topological polar surface area (TPSA) is 78.9 Å². The van der Waals surface area contributed by atoms with Crippen molar-refractivity contribution in [2.24, 2.45) is 10.8 Å². The van der Waals surface area contributed by atoms with Gasteiger partial charge in [0.15, 0.2) is 0 Å². The molecule has 0 bridgehead atoms. The Balaban J connectivity index is -0.00000288. The van der Waals surface area contributed by atoms with E-state index in [9.17, 15) is 14.4 Å². The Labute approximate surface area is 165 Å². The predicted molar refractivity (Wildman–Crippen MR) is 108 cm³/mol. The third-order valence-corrected chi connectivity index (χ3v) is 4.12. The summed E-state index contributed by atoms with van der Waals surface area (Å²) in [4.78, 5) is 35.6. The van der Waals surface area contributed by atoms with Crippen LogP contribution in [0.15, 0.2) is 12.7 Å². The van der Waals surface area contributed by atoms with Crippen LogP contribution in [-0.2, 0) is 28.6 Å². The van der Waals surface area contributed by atoms with E-state index >= 15 is 0 Å². The van der Waals surface area contributed by atoms with Crippen LogP contribution in [0, 0.1) is 10.8 Å². The van der Waals surface area contributed by atoms with Crippen molar-refractivity contribution in [3.05, 3.63) is 12.7 Å². The molecule has 1 unspecified atom stereocenters. The largest absolute Gasteiger partial charge is 0.465 e. The predicted octanol–water partition coefficient (Wildman–Crippen LogP) is 4.71. The van der Waals surface area contributed by atoms with Gasteiger partial charge in [0.2, 0.25) is 0 Å². The van der Waals surface area contributed by atoms with Gasteiger partial charge in [0.05, 0.1) is 17.4 Å². The zero-order valence-corrected chi connectivity index (χ0v) is 16.2. The van der Waals surface area contributed by atoms with Gasteiger partial charge < -0.3 is 14.2 Å². The third-order valence-electron chi connectivity index (χ3n) is 4.12. The Morgan fingerprint density at radius 2 is 1.41 bits per heavy atom. The quantitative estimate of drug-likeness (QED) is 0.208. The van der Waals surface area contributed by atoms with Crippen LogP contribution in [0.1, 0.15) is 75.2 Å². The molecule has 0 aliphatic carbocycles. The zero-order valence-electron chi connectivity index (χ0n) is 16.2. The molecule has 0 fully saturated rings. The molecule has 0 N–H and O–H groups in total. The summed E-state index contributed by atoms with van der Waals surface area (Å²) in [6.45, 7) is 12.8. The molecule has 0 spiro atoms. The van der Waals surface area contributed by atoms with Crippen LogP contribution in [0.2, 0.25) is 0 Å². The molecule has 0 aliphatic rings. The Kier molecular flexibility index (Phi) is 15.8. The number of carbonyl (C=O) groups is 3. The Morgan fingerprint density at radius 3 is 1.89 bits per heavy atom. The highest BCUT2D eigenvalue weighted by atomic mass is 16.6. The lowest BCUT2D eigenvalue weighted by atomic mass is 9.72. The maximum Gasteiger partial charge on any atom is 0.330 e. The molecule has 0 radical (unpaired) electrons. The first-order valence-electron chi connectivity index (χ1n) is 8.76. The molecular weight excluding hydrogens is 348 g/mol. The van der Waals surface area contributed by atoms with Gasteiger partial charge in [0, 0.05) is 6.08 Å². The van der Waals surface area contributed by atoms with E-state index in [0.29, 0.717) is 19.4 Å². The molecule has 0 aromatic carbocycles. The minimum atomic E-state index is -0.864. The lowest BCUT2D eigenvalue weighted by molar-refractivity contribution is -0.165. The second-order valence-electron chi connectivity index (χ2n) is 6.97. The summed E-state index contributed by atoms with van der Waals surface area (Å²) >= 11 is 0. The summed E-state index contributed by atoms with van der Waals surface area (Å²) in [6.07, 6.45) is 3.69. The number of hydrogen-bond donors (Lipinski definition) is 0. The fraction of sp³-hybridized carbons (Fsp3) is 0.762. The summed E-state index contributed by atoms with van der Waals surface area (Å²) in [7, 11) is 0. The van der Waals surface area contributed by atoms with E-state index in [4.69, 9.17) is 14.2 Å². The Bertz CT molecular complexity index is 469. The highest BCUT2D eigenvalue weighted by molar-refractivity contribution is 5.81. The summed E-state index contributed by atoms with van der Waals surface area (Å²) in [5, 5.41) is 0. The van der Waals surface area contributed by atoms with Gasteiger partial charge in [-0.05, 0) is 40.0 Å². The van der Waals surface area contributed by atoms with Gasteiger partial charge in [0.25, 0.3) is 0 Å². The van der Waals surface area contributed by atoms with Crippen molar-refractivity contribution in [1.82, 2.24) is 0 Å². The van der Waals surface area contributed by atoms with Crippen LogP contribution in [0.3, 0.4) is 0 Å². The summed E-state index contributed by atoms with van der Waals surface area (Å²) < 4.78 is 15.3. The molecule has 0 heterocycles. The van der Waals surface area contributed by atoms with E-state index in [2.05, 4.69) is 6.58 Å². The van der Waals surface area contributed by atoms with E-state index < -0.39 is 22.8 Å². The fourth-order valence-corrected chi connectivity index (χ4v) is 2.40. The van der Waals surface area contributed by atoms with E-state index in [-0.39, 0.29) is 34.0 Å². The van der Waals surface area contributed by atoms with Crippen LogP contribution >= 0.6 is 0 Å². The van der Waals surface area contributed by atoms with E-state index in [0.717, 1.165) is 18.9 Å². The summed E-state index contributed by atoms with van der Waals surface area (Å²) in [6, 6.07) is 0. The molecule has 0 saturated heterocycles. The highest BCUT2D eigenvalue weighted by Gasteiger charge is 2.42. The van der Waals surface area contributed by atoms with Crippen molar-refractivity contribution in [2.45, 2.75) is 75.2 Å². The number of unbranched alkanes of at least 4 members (excludes halogenated alkanes) is 1. The van der Waals surface area contributed by atoms with Crippen LogP contribution < -0.4 is 0 Å². The Morgan fingerprint density at radius 1 is 0.889 bits per heavy atom. The first kappa shape index (κ1) is 29.9. The number of carbonyl (C=O) groups excluding carboxylic acids is 3. The minimum Gasteiger partial charge on any atom is -0.465 e. The molecule has 6 heteroatoms. The average molecular weight is 389 g/mol. The van der Waals surface area contributed by atoms with Crippen LogP contribution in [-0.4, -0.2) is 37.7 Å². The van der Waals surface area contributed by atoms with Gasteiger partial charge in [-0.1, -0.05) is 41.7 Å². The molecule has 27 heavy (non-hydrogen) atoms. The average Bonchev–Trinajstić information content (AvgIpc) is 2.57. The van der Waals surface area contributed by atoms with Crippen molar-refractivity contribution < 1.29 is 28.6 Å². The first-order valence-corrected chi connectivity index (χ1v) is 8.76. The van der Waals surface area contributed by atoms with Crippen LogP contribution in [0.4, 0.5) is 0 Å². The molecule has 1 atom stereocenters. The Hall–Kier alpha value is -1.85. The summed E-state index contributed by atoms with van der Waals surface area (Å²) in [5.74, 6) is -1.30. The van der Waals surface area contributed by atoms with Crippen molar-refractivity contribution in [1.29, 1.82) is 0 Å². The standard InChI is InChI=1S/C19H32O6.2CH4/c1-7-10-11-24-17(22)19(6,9-3)14-18(4,5)16(21)25-13-12-23-15(20)8-2;;/h8H,2,7,9-14H2,1,3-6H3;2*1H4. The van der Waals surface area contributed by atoms with Crippen molar-refractivity contribution in [2.75, 3.05) is 19.8 Å². The van der Waals surface area contributed by atoms with Crippen molar-refractivity contribution in [3.8, 4) is 0 Å². The molecule has 0 aliphatic heterocycles. The lowest BCUT2D eigenvalue weighted by Gasteiger charge is -2.33. The second-order valence-corrected chi connectivity index (χ2v) is 6.97. The van der Waals surface area contributed by atoms with Gasteiger partial charge in [0.1, 0.15) is 13.2 Å². The second kappa shape index (κ2) is 14.2. The molecule has 0 rings (SSSR count). The molecular formula is C21H40O6. The summed E-state index contributed by atoms with van der Waals surface area (Å²) in [5.41, 5.74) is -1.62. The molecule has 0 saturated carbocycles. The SMILES string of the molecule is C.C.C=CC(=O)OCCOC(=O)C(C)(C)CC(C)(CC)C(=O)OCCCC. The van der Waals surface area contributed by atoms with E-state index in [1.165, 1.54) is 0 Å². The molecule has 0 aromatic heterocycles. The van der Waals surface area contributed by atoms with Crippen LogP contribution in [0.25, 0.3) is 0 Å². The minimum absolute atomic E-state index is 0. The number of ether oxygens (including phenoxy) is 3. The molecule has 0 aromatic rings. The van der Waals surface area contributed by atoms with E-state index in [1.807, 2.05) is 20.8 Å². The third kappa shape index (κ3) is 10.8. The first-order chi connectivity index (χ1) is 11.6. The molecule has 0 amide bonds. The van der Waals surface area contributed by atoms with Gasteiger partial charge in [-0.25, -0.2) is 4.79 Å². The lowest BCUT2D eigenvalue weighted by Crippen LogP contribution is -2.39. The fourth-order valence-electron chi connectivity index (χ4n) is 2.40. The maximum atomic E-state index is 12.4. The zero-order chi connectivity index (χ0) is 19.5. The molecule has 160 valence electrons. The van der Waals surface area contributed by atoms with E-state index in [1.54, 1.807) is 13.8 Å². The number of esters is 3. The smallest absolute Gasteiger partial charge is 0.330 e. The normalized spacial score (nSPS) is 12.5. The van der Waals surface area contributed by atoms with Gasteiger partial charge in [-0.2, -0.15) is 0 Å². The number of hydrogen-bond acceptors (Lipinski definition) is 6. The maximum absolute atomic E-state index is 12.4. The number of rotatable bonds is 12. The van der Waals surface area contributed by atoms with Gasteiger partial charge in [-0.15, -0.1) is 0 Å². The monoisotopic (exact) mass is 388 g/mol. The van der Waals surface area contributed by atoms with Gasteiger partial charge in [-0.3, -0.25) is 9.59 Å². The van der Waals surface area contributed by atoms with Crippen LogP contribution in [0.5, 0.6) is 0 Å².